The van der Waals surface area contributed by atoms with Gasteiger partial charge in [0.05, 0.1) is 0 Å². The predicted octanol–water partition coefficient (Wildman–Crippen LogP) is 21.9. The van der Waals surface area contributed by atoms with Crippen molar-refractivity contribution in [1.82, 2.24) is 0 Å². The van der Waals surface area contributed by atoms with Crippen LogP contribution in [0.5, 0.6) is 0 Å². The van der Waals surface area contributed by atoms with Crippen molar-refractivity contribution in [1.29, 1.82) is 0 Å². The number of hydrogen-bond donors (Lipinski definition) is 0. The monoisotopic (exact) mass is 1030 g/mol. The lowest BCUT2D eigenvalue weighted by Gasteiger charge is -2.24. The number of fused-ring (bicyclic) bond motifs is 9. The van der Waals surface area contributed by atoms with Gasteiger partial charge in [0.2, 0.25) is 0 Å². The van der Waals surface area contributed by atoms with Crippen LogP contribution in [-0.4, -0.2) is 0 Å². The summed E-state index contributed by atoms with van der Waals surface area (Å²) in [6.45, 7) is 14.5. The SMILES string of the molecule is CC1(C)c2cc(-c3ccc4c(c3)C(C)(C)c3cc(-c5ccccc5-c5ccccc5)ccc3-4)ccc2-c2ccc(-c3ccc4c(c3)C(C)(C)c3cc(-c5cc(-c6ccccc6)cc(-c6ccccc6)c5-c5ccccc5)ccc3-4)cc21. The van der Waals surface area contributed by atoms with Gasteiger partial charge < -0.3 is 0 Å². The van der Waals surface area contributed by atoms with Gasteiger partial charge in [0, 0.05) is 16.2 Å². The van der Waals surface area contributed by atoms with E-state index in [4.69, 9.17) is 0 Å². The summed E-state index contributed by atoms with van der Waals surface area (Å²) >= 11 is 0. The molecular weight excluding hydrogens is 973 g/mol. The van der Waals surface area contributed by atoms with Crippen molar-refractivity contribution in [2.24, 2.45) is 0 Å². The molecule has 0 N–H and O–H groups in total. The van der Waals surface area contributed by atoms with Crippen LogP contribution in [0.25, 0.3) is 122 Å². The Morgan fingerprint density at radius 3 is 0.765 bits per heavy atom. The molecule has 0 fully saturated rings. The molecule has 0 atom stereocenters. The van der Waals surface area contributed by atoms with Crippen molar-refractivity contribution >= 4 is 0 Å². The molecule has 0 spiro atoms. The van der Waals surface area contributed by atoms with E-state index in [1.54, 1.807) is 0 Å². The van der Waals surface area contributed by atoms with Crippen molar-refractivity contribution in [3.63, 3.8) is 0 Å². The zero-order valence-electron chi connectivity index (χ0n) is 46.9. The third kappa shape index (κ3) is 7.72. The van der Waals surface area contributed by atoms with Crippen LogP contribution in [0.4, 0.5) is 0 Å². The van der Waals surface area contributed by atoms with Gasteiger partial charge in [0.25, 0.3) is 0 Å². The average molecular weight is 1040 g/mol. The highest BCUT2D eigenvalue weighted by Gasteiger charge is 2.40. The zero-order chi connectivity index (χ0) is 54.8. The second-order valence-electron chi connectivity index (χ2n) is 24.4. The summed E-state index contributed by atoms with van der Waals surface area (Å²) in [6, 6.07) is 100. The van der Waals surface area contributed by atoms with Gasteiger partial charge in [0.15, 0.2) is 0 Å². The summed E-state index contributed by atoms with van der Waals surface area (Å²) in [5.74, 6) is 0. The van der Waals surface area contributed by atoms with Gasteiger partial charge in [0.1, 0.15) is 0 Å². The highest BCUT2D eigenvalue weighted by molar-refractivity contribution is 5.99. The van der Waals surface area contributed by atoms with Crippen LogP contribution >= 0.6 is 0 Å². The van der Waals surface area contributed by atoms with E-state index in [2.05, 4.69) is 308 Å². The fourth-order valence-corrected chi connectivity index (χ4v) is 14.3. The second kappa shape index (κ2) is 18.3. The van der Waals surface area contributed by atoms with Crippen LogP contribution in [0, 0.1) is 0 Å². The maximum atomic E-state index is 2.50. The molecule has 81 heavy (non-hydrogen) atoms. The van der Waals surface area contributed by atoms with Gasteiger partial charge in [-0.05, 0) is 204 Å². The molecule has 12 aromatic carbocycles. The lowest BCUT2D eigenvalue weighted by atomic mass is 9.79. The average Bonchev–Trinajstić information content (AvgIpc) is 2.98. The molecule has 3 aliphatic carbocycles. The van der Waals surface area contributed by atoms with E-state index >= 15 is 0 Å². The van der Waals surface area contributed by atoms with Gasteiger partial charge in [-0.2, -0.15) is 0 Å². The Kier molecular flexibility index (Phi) is 11.0. The van der Waals surface area contributed by atoms with E-state index < -0.39 is 0 Å². The number of hydrogen-bond acceptors (Lipinski definition) is 0. The third-order valence-electron chi connectivity index (χ3n) is 18.7. The molecule has 0 aliphatic heterocycles. The first-order chi connectivity index (χ1) is 39.4. The van der Waals surface area contributed by atoms with Crippen molar-refractivity contribution in [3.8, 4) is 122 Å². The molecule has 0 saturated carbocycles. The van der Waals surface area contributed by atoms with E-state index in [1.165, 1.54) is 156 Å². The third-order valence-corrected chi connectivity index (χ3v) is 18.7. The van der Waals surface area contributed by atoms with E-state index in [-0.39, 0.29) is 16.2 Å². The van der Waals surface area contributed by atoms with Gasteiger partial charge in [-0.1, -0.05) is 260 Å². The number of benzene rings is 12. The number of rotatable bonds is 8. The molecule has 0 heterocycles. The Morgan fingerprint density at radius 2 is 0.407 bits per heavy atom. The minimum Gasteiger partial charge on any atom is -0.0622 e. The lowest BCUT2D eigenvalue weighted by molar-refractivity contribution is 0.659. The molecule has 3 aliphatic rings. The van der Waals surface area contributed by atoms with Crippen LogP contribution in [0.3, 0.4) is 0 Å². The van der Waals surface area contributed by atoms with Gasteiger partial charge in [-0.15, -0.1) is 0 Å². The Morgan fingerprint density at radius 1 is 0.160 bits per heavy atom. The minimum absolute atomic E-state index is 0.158. The van der Waals surface area contributed by atoms with Crippen LogP contribution in [0.2, 0.25) is 0 Å². The first kappa shape index (κ1) is 48.7. The first-order valence-corrected chi connectivity index (χ1v) is 28.8. The van der Waals surface area contributed by atoms with Crippen molar-refractivity contribution in [2.45, 2.75) is 57.8 Å². The molecule has 0 radical (unpaired) electrons. The maximum absolute atomic E-state index is 2.50. The van der Waals surface area contributed by atoms with E-state index in [1.807, 2.05) is 0 Å². The van der Waals surface area contributed by atoms with E-state index in [9.17, 15) is 0 Å². The predicted molar refractivity (Wildman–Crippen MR) is 343 cm³/mol. The van der Waals surface area contributed by atoms with E-state index in [0.29, 0.717) is 0 Å². The van der Waals surface area contributed by atoms with Gasteiger partial charge in [-0.3, -0.25) is 0 Å². The minimum atomic E-state index is -0.223. The first-order valence-electron chi connectivity index (χ1n) is 28.8. The Hall–Kier alpha value is -9.36. The molecule has 0 bridgehead atoms. The van der Waals surface area contributed by atoms with Crippen LogP contribution in [-0.2, 0) is 16.2 Å². The summed E-state index contributed by atoms with van der Waals surface area (Å²) in [5.41, 5.74) is 35.6. The quantitative estimate of drug-likeness (QED) is 0.142. The highest BCUT2D eigenvalue weighted by Crippen LogP contribution is 2.56. The Balaban J connectivity index is 0.744. The summed E-state index contributed by atoms with van der Waals surface area (Å²) in [5, 5.41) is 0. The van der Waals surface area contributed by atoms with Crippen molar-refractivity contribution in [2.75, 3.05) is 0 Å². The fourth-order valence-electron chi connectivity index (χ4n) is 14.3. The van der Waals surface area contributed by atoms with Gasteiger partial charge in [-0.25, -0.2) is 0 Å². The molecule has 386 valence electrons. The van der Waals surface area contributed by atoms with Crippen molar-refractivity contribution in [3.05, 3.63) is 300 Å². The summed E-state index contributed by atoms with van der Waals surface area (Å²) in [6.07, 6.45) is 0. The van der Waals surface area contributed by atoms with Crippen LogP contribution < -0.4 is 0 Å². The van der Waals surface area contributed by atoms with Gasteiger partial charge >= 0.3 is 0 Å². The molecule has 0 aromatic heterocycles. The summed E-state index contributed by atoms with van der Waals surface area (Å²) in [7, 11) is 0. The van der Waals surface area contributed by atoms with Crippen LogP contribution in [0.1, 0.15) is 74.9 Å². The standard InChI is InChI=1S/C81H62/c1-79(2)72-45-55(57-33-39-66-68-41-35-59(49-76(68)80(3,4)74(66)47-57)63-30-20-19-29-62(63)52-23-13-8-14-24-52)31-37-64(72)65-38-32-56(46-73(65)79)58-34-40-67-69-42-36-60(50-77(69)81(5,6)75(67)48-58)71-44-61(51-21-11-7-12-22-51)43-70(53-25-15-9-16-26-53)78(71)54-27-17-10-18-28-54/h7-50H,1-6H3. The normalized spacial score (nSPS) is 14.3. The maximum Gasteiger partial charge on any atom is 0.0159 e. The Bertz CT molecular complexity index is 4490. The second-order valence-corrected chi connectivity index (χ2v) is 24.4. The molecule has 0 unspecified atom stereocenters. The summed E-state index contributed by atoms with van der Waals surface area (Å²) in [4.78, 5) is 0. The molecule has 0 nitrogen and oxygen atoms in total. The topological polar surface area (TPSA) is 0 Å². The molecule has 0 heteroatoms. The lowest BCUT2D eigenvalue weighted by Crippen LogP contribution is -2.16. The largest absolute Gasteiger partial charge is 0.0622 e. The summed E-state index contributed by atoms with van der Waals surface area (Å²) < 4.78 is 0. The van der Waals surface area contributed by atoms with Crippen molar-refractivity contribution < 1.29 is 0 Å². The molecule has 0 saturated heterocycles. The molecule has 12 aromatic rings. The molecule has 0 amide bonds. The molecular formula is C81H62. The van der Waals surface area contributed by atoms with Crippen LogP contribution in [0.15, 0.2) is 267 Å². The zero-order valence-corrected chi connectivity index (χ0v) is 46.9. The van der Waals surface area contributed by atoms with E-state index in [0.717, 1.165) is 0 Å². The highest BCUT2D eigenvalue weighted by atomic mass is 14.4. The smallest absolute Gasteiger partial charge is 0.0159 e. The Labute approximate surface area is 477 Å². The fraction of sp³-hybridized carbons (Fsp3) is 0.111. The molecule has 15 rings (SSSR count).